The van der Waals surface area contributed by atoms with Gasteiger partial charge in [0.1, 0.15) is 0 Å². The second-order valence-electron chi connectivity index (χ2n) is 4.51. The number of sulfonamides is 1. The fraction of sp³-hybridized carbons (Fsp3) is 0.385. The molecule has 0 unspecified atom stereocenters. The Balaban J connectivity index is 2.73. The maximum Gasteiger partial charge on any atom is 0.253 e. The van der Waals surface area contributed by atoms with E-state index in [0.29, 0.717) is 10.7 Å². The summed E-state index contributed by atoms with van der Waals surface area (Å²) in [5.74, 6) is -0.673. The van der Waals surface area contributed by atoms with Crippen molar-refractivity contribution in [2.45, 2.75) is 13.3 Å². The summed E-state index contributed by atoms with van der Waals surface area (Å²) < 4.78 is 24.1. The number of carbonyl (C=O) groups excluding carboxylic acids is 2. The number of benzene rings is 1. The Morgan fingerprint density at radius 2 is 1.91 bits per heavy atom. The first-order valence-corrected chi connectivity index (χ1v) is 8.82. The van der Waals surface area contributed by atoms with Gasteiger partial charge < -0.3 is 10.6 Å². The first-order valence-electron chi connectivity index (χ1n) is 6.55. The SMILES string of the molecule is CCC(=O)Nc1cc(Cl)ccc1C(=O)NCCNS(C)(=O)=O. The molecule has 122 valence electrons. The molecule has 0 fully saturated rings. The van der Waals surface area contributed by atoms with Crippen molar-refractivity contribution in [2.24, 2.45) is 0 Å². The highest BCUT2D eigenvalue weighted by Gasteiger charge is 2.13. The molecule has 1 aromatic carbocycles. The summed E-state index contributed by atoms with van der Waals surface area (Å²) in [6.07, 6.45) is 1.30. The average molecular weight is 348 g/mol. The quantitative estimate of drug-likeness (QED) is 0.639. The summed E-state index contributed by atoms with van der Waals surface area (Å²) in [6.45, 7) is 1.89. The zero-order valence-corrected chi connectivity index (χ0v) is 13.8. The van der Waals surface area contributed by atoms with Crippen molar-refractivity contribution < 1.29 is 18.0 Å². The Kier molecular flexibility index (Phi) is 6.79. The summed E-state index contributed by atoms with van der Waals surface area (Å²) in [5, 5.41) is 5.55. The van der Waals surface area contributed by atoms with Crippen molar-refractivity contribution in [1.82, 2.24) is 10.0 Å². The lowest BCUT2D eigenvalue weighted by Crippen LogP contribution is -2.34. The molecule has 0 heterocycles. The smallest absolute Gasteiger partial charge is 0.253 e. The van der Waals surface area contributed by atoms with Crippen molar-refractivity contribution in [3.05, 3.63) is 28.8 Å². The van der Waals surface area contributed by atoms with Gasteiger partial charge in [0.05, 0.1) is 17.5 Å². The van der Waals surface area contributed by atoms with E-state index in [1.54, 1.807) is 6.92 Å². The number of amides is 2. The van der Waals surface area contributed by atoms with Crippen LogP contribution >= 0.6 is 11.6 Å². The first-order chi connectivity index (χ1) is 10.2. The molecular formula is C13H18ClN3O4S. The molecule has 0 bridgehead atoms. The van der Waals surface area contributed by atoms with Gasteiger partial charge in [0.25, 0.3) is 5.91 Å². The van der Waals surface area contributed by atoms with E-state index < -0.39 is 15.9 Å². The van der Waals surface area contributed by atoms with Crippen LogP contribution in [0.25, 0.3) is 0 Å². The van der Waals surface area contributed by atoms with E-state index in [1.165, 1.54) is 18.2 Å². The number of hydrogen-bond donors (Lipinski definition) is 3. The largest absolute Gasteiger partial charge is 0.351 e. The van der Waals surface area contributed by atoms with Crippen molar-refractivity contribution in [3.8, 4) is 0 Å². The molecule has 7 nitrogen and oxygen atoms in total. The third kappa shape index (κ3) is 6.42. The molecule has 0 atom stereocenters. The lowest BCUT2D eigenvalue weighted by atomic mass is 10.1. The van der Waals surface area contributed by atoms with Crippen molar-refractivity contribution >= 4 is 39.1 Å². The van der Waals surface area contributed by atoms with Gasteiger partial charge in [0.15, 0.2) is 0 Å². The van der Waals surface area contributed by atoms with E-state index in [2.05, 4.69) is 15.4 Å². The standard InChI is InChI=1S/C13H18ClN3O4S/c1-3-12(18)17-11-8-9(14)4-5-10(11)13(19)15-6-7-16-22(2,20)21/h4-5,8,16H,3,6-7H2,1-2H3,(H,15,19)(H,17,18). The molecule has 1 aromatic rings. The van der Waals surface area contributed by atoms with Crippen LogP contribution in [0, 0.1) is 0 Å². The van der Waals surface area contributed by atoms with Crippen LogP contribution in [-0.4, -0.2) is 39.6 Å². The van der Waals surface area contributed by atoms with Gasteiger partial charge in [-0.25, -0.2) is 13.1 Å². The van der Waals surface area contributed by atoms with Crippen LogP contribution in [0.4, 0.5) is 5.69 Å². The van der Waals surface area contributed by atoms with Crippen LogP contribution in [0.3, 0.4) is 0 Å². The lowest BCUT2D eigenvalue weighted by Gasteiger charge is -2.11. The highest BCUT2D eigenvalue weighted by molar-refractivity contribution is 7.88. The Bertz CT molecular complexity index is 661. The van der Waals surface area contributed by atoms with Crippen LogP contribution in [0.15, 0.2) is 18.2 Å². The van der Waals surface area contributed by atoms with Crippen LogP contribution in [0.2, 0.25) is 5.02 Å². The molecular weight excluding hydrogens is 330 g/mol. The molecule has 0 saturated heterocycles. The van der Waals surface area contributed by atoms with E-state index in [4.69, 9.17) is 11.6 Å². The summed E-state index contributed by atoms with van der Waals surface area (Å²) in [7, 11) is -3.30. The molecule has 0 aliphatic rings. The summed E-state index contributed by atoms with van der Waals surface area (Å²) in [6, 6.07) is 4.51. The normalized spacial score (nSPS) is 11.0. The molecule has 0 aliphatic heterocycles. The topological polar surface area (TPSA) is 104 Å². The Morgan fingerprint density at radius 1 is 1.23 bits per heavy atom. The van der Waals surface area contributed by atoms with Crippen LogP contribution < -0.4 is 15.4 Å². The average Bonchev–Trinajstić information content (AvgIpc) is 2.42. The number of halogens is 1. The minimum Gasteiger partial charge on any atom is -0.351 e. The fourth-order valence-electron chi connectivity index (χ4n) is 1.56. The molecule has 0 spiro atoms. The third-order valence-corrected chi connectivity index (χ3v) is 3.56. The molecule has 0 radical (unpaired) electrons. The van der Waals surface area contributed by atoms with Crippen molar-refractivity contribution in [1.29, 1.82) is 0 Å². The number of hydrogen-bond acceptors (Lipinski definition) is 4. The molecule has 22 heavy (non-hydrogen) atoms. The van der Waals surface area contributed by atoms with Gasteiger partial charge in [-0.1, -0.05) is 18.5 Å². The third-order valence-electron chi connectivity index (χ3n) is 2.60. The minimum atomic E-state index is -3.30. The predicted octanol–water partition coefficient (Wildman–Crippen LogP) is 0.967. The molecule has 3 N–H and O–H groups in total. The number of carbonyl (C=O) groups is 2. The zero-order valence-electron chi connectivity index (χ0n) is 12.3. The molecule has 0 saturated carbocycles. The predicted molar refractivity (Wildman–Crippen MR) is 85.6 cm³/mol. The zero-order chi connectivity index (χ0) is 16.8. The Hall–Kier alpha value is -1.64. The van der Waals surface area contributed by atoms with Crippen LogP contribution in [0.5, 0.6) is 0 Å². The van der Waals surface area contributed by atoms with Gasteiger partial charge in [-0.2, -0.15) is 0 Å². The molecule has 0 aliphatic carbocycles. The van der Waals surface area contributed by atoms with Gasteiger partial charge in [-0.15, -0.1) is 0 Å². The highest BCUT2D eigenvalue weighted by atomic mass is 35.5. The monoisotopic (exact) mass is 347 g/mol. The number of anilines is 1. The van der Waals surface area contributed by atoms with Gasteiger partial charge in [-0.05, 0) is 18.2 Å². The lowest BCUT2D eigenvalue weighted by molar-refractivity contribution is -0.115. The molecule has 1 rings (SSSR count). The van der Waals surface area contributed by atoms with E-state index in [0.717, 1.165) is 6.26 Å². The molecule has 0 aromatic heterocycles. The minimum absolute atomic E-state index is 0.0782. The van der Waals surface area contributed by atoms with Crippen LogP contribution in [-0.2, 0) is 14.8 Å². The highest BCUT2D eigenvalue weighted by Crippen LogP contribution is 2.21. The maximum absolute atomic E-state index is 12.1. The fourth-order valence-corrected chi connectivity index (χ4v) is 2.21. The maximum atomic E-state index is 12.1. The second kappa shape index (κ2) is 8.11. The summed E-state index contributed by atoms with van der Waals surface area (Å²) in [5.41, 5.74) is 0.568. The van der Waals surface area contributed by atoms with E-state index in [9.17, 15) is 18.0 Å². The number of rotatable bonds is 7. The van der Waals surface area contributed by atoms with Crippen molar-refractivity contribution in [3.63, 3.8) is 0 Å². The van der Waals surface area contributed by atoms with E-state index in [-0.39, 0.29) is 31.0 Å². The Morgan fingerprint density at radius 3 is 2.50 bits per heavy atom. The molecule has 9 heteroatoms. The van der Waals surface area contributed by atoms with Crippen molar-refractivity contribution in [2.75, 3.05) is 24.7 Å². The Labute approximate surface area is 134 Å². The summed E-state index contributed by atoms with van der Waals surface area (Å²) >= 11 is 5.87. The second-order valence-corrected chi connectivity index (χ2v) is 6.78. The van der Waals surface area contributed by atoms with E-state index in [1.807, 2.05) is 0 Å². The summed E-state index contributed by atoms with van der Waals surface area (Å²) in [4.78, 5) is 23.6. The van der Waals surface area contributed by atoms with Gasteiger partial charge in [-0.3, -0.25) is 9.59 Å². The van der Waals surface area contributed by atoms with Gasteiger partial charge in [0.2, 0.25) is 15.9 Å². The van der Waals surface area contributed by atoms with Gasteiger partial charge in [0, 0.05) is 24.5 Å². The van der Waals surface area contributed by atoms with Gasteiger partial charge >= 0.3 is 0 Å². The molecule has 2 amide bonds. The van der Waals surface area contributed by atoms with E-state index >= 15 is 0 Å². The first kappa shape index (κ1) is 18.4. The number of nitrogens with one attached hydrogen (secondary N) is 3. The van der Waals surface area contributed by atoms with Crippen LogP contribution in [0.1, 0.15) is 23.7 Å².